The molecular formula is C8H6F3N3. The Labute approximate surface area is 78.0 Å². The molecule has 0 saturated heterocycles. The fourth-order valence-corrected chi connectivity index (χ4v) is 0.934. The van der Waals surface area contributed by atoms with Crippen molar-refractivity contribution in [1.29, 1.82) is 5.26 Å². The lowest BCUT2D eigenvalue weighted by Crippen LogP contribution is -2.11. The third-order valence-corrected chi connectivity index (χ3v) is 1.56. The maximum Gasteiger partial charge on any atom is 0.419 e. The molecule has 0 saturated carbocycles. The fraction of sp³-hybridized carbons (Fsp3) is 0.250. The first-order chi connectivity index (χ1) is 6.45. The summed E-state index contributed by atoms with van der Waals surface area (Å²) in [4.78, 5) is 3.37. The number of nitrogen functional groups attached to an aromatic ring is 1. The maximum absolute atomic E-state index is 12.3. The predicted molar refractivity (Wildman–Crippen MR) is 43.0 cm³/mol. The monoisotopic (exact) mass is 201 g/mol. The number of rotatable bonds is 1. The van der Waals surface area contributed by atoms with Crippen LogP contribution in [0.5, 0.6) is 0 Å². The molecule has 0 atom stereocenters. The van der Waals surface area contributed by atoms with Gasteiger partial charge in [0.05, 0.1) is 18.1 Å². The lowest BCUT2D eigenvalue weighted by atomic mass is 10.1. The zero-order chi connectivity index (χ0) is 10.8. The van der Waals surface area contributed by atoms with Gasteiger partial charge in [-0.1, -0.05) is 0 Å². The van der Waals surface area contributed by atoms with Crippen LogP contribution in [0.2, 0.25) is 0 Å². The average Bonchev–Trinajstić information content (AvgIpc) is 2.07. The van der Waals surface area contributed by atoms with Crippen LogP contribution in [0, 0.1) is 11.3 Å². The van der Waals surface area contributed by atoms with Crippen LogP contribution in [-0.2, 0) is 12.6 Å². The molecule has 1 rings (SSSR count). The van der Waals surface area contributed by atoms with Crippen molar-refractivity contribution in [3.63, 3.8) is 0 Å². The first kappa shape index (κ1) is 10.3. The second-order valence-corrected chi connectivity index (χ2v) is 2.61. The number of anilines is 1. The van der Waals surface area contributed by atoms with E-state index in [1.54, 1.807) is 6.07 Å². The zero-order valence-corrected chi connectivity index (χ0v) is 6.97. The molecule has 6 heteroatoms. The molecule has 74 valence electrons. The number of hydrogen-bond donors (Lipinski definition) is 1. The number of hydrogen-bond acceptors (Lipinski definition) is 3. The summed E-state index contributed by atoms with van der Waals surface area (Å²) in [5, 5.41) is 8.29. The topological polar surface area (TPSA) is 62.7 Å². The Morgan fingerprint density at radius 1 is 1.50 bits per heavy atom. The molecule has 0 aliphatic heterocycles. The largest absolute Gasteiger partial charge is 0.419 e. The Balaban J connectivity index is 3.17. The number of aromatic nitrogens is 1. The minimum absolute atomic E-state index is 0.115. The first-order valence-electron chi connectivity index (χ1n) is 3.63. The van der Waals surface area contributed by atoms with Gasteiger partial charge in [-0.05, 0) is 11.6 Å². The van der Waals surface area contributed by atoms with E-state index in [0.29, 0.717) is 0 Å². The third-order valence-electron chi connectivity index (χ3n) is 1.56. The van der Waals surface area contributed by atoms with Crippen molar-refractivity contribution in [2.45, 2.75) is 12.6 Å². The van der Waals surface area contributed by atoms with Gasteiger partial charge in [-0.25, -0.2) is 4.98 Å². The molecule has 0 spiro atoms. The standard InChI is InChI=1S/C8H6F3N3/c9-8(10,11)6-3-5(1-2-12)4-14-7(6)13/h3-4H,1H2,(H2,13,14). The molecular weight excluding hydrogens is 195 g/mol. The van der Waals surface area contributed by atoms with Crippen LogP contribution in [0.1, 0.15) is 11.1 Å². The molecule has 1 aromatic heterocycles. The van der Waals surface area contributed by atoms with Gasteiger partial charge in [0.1, 0.15) is 5.82 Å². The Morgan fingerprint density at radius 2 is 2.14 bits per heavy atom. The van der Waals surface area contributed by atoms with Crippen molar-refractivity contribution in [3.8, 4) is 6.07 Å². The second-order valence-electron chi connectivity index (χ2n) is 2.61. The Bertz CT molecular complexity index is 378. The Hall–Kier alpha value is -1.77. The van der Waals surface area contributed by atoms with E-state index < -0.39 is 17.6 Å². The van der Waals surface area contributed by atoms with Crippen LogP contribution in [0.4, 0.5) is 19.0 Å². The van der Waals surface area contributed by atoms with Gasteiger partial charge >= 0.3 is 6.18 Å². The fourth-order valence-electron chi connectivity index (χ4n) is 0.934. The molecule has 0 aliphatic carbocycles. The van der Waals surface area contributed by atoms with Crippen LogP contribution in [0.3, 0.4) is 0 Å². The highest BCUT2D eigenvalue weighted by Gasteiger charge is 2.33. The summed E-state index contributed by atoms with van der Waals surface area (Å²) in [6.45, 7) is 0. The highest BCUT2D eigenvalue weighted by Crippen LogP contribution is 2.32. The molecule has 0 amide bonds. The quantitative estimate of drug-likeness (QED) is 0.752. The Kier molecular flexibility index (Phi) is 2.60. The summed E-state index contributed by atoms with van der Waals surface area (Å²) in [7, 11) is 0. The number of nitrogens with zero attached hydrogens (tertiary/aromatic N) is 2. The average molecular weight is 201 g/mol. The number of nitriles is 1. The highest BCUT2D eigenvalue weighted by molar-refractivity contribution is 5.43. The molecule has 0 aromatic carbocycles. The smallest absolute Gasteiger partial charge is 0.383 e. The van der Waals surface area contributed by atoms with Gasteiger partial charge in [-0.2, -0.15) is 18.4 Å². The number of nitrogens with two attached hydrogens (primary N) is 1. The Morgan fingerprint density at radius 3 is 2.64 bits per heavy atom. The van der Waals surface area contributed by atoms with Crippen molar-refractivity contribution in [2.24, 2.45) is 0 Å². The molecule has 3 nitrogen and oxygen atoms in total. The summed E-state index contributed by atoms with van der Waals surface area (Å²) in [6.07, 6.45) is -3.48. The van der Waals surface area contributed by atoms with Gasteiger partial charge in [0, 0.05) is 6.20 Å². The normalized spacial score (nSPS) is 11.0. The van der Waals surface area contributed by atoms with Crippen molar-refractivity contribution >= 4 is 5.82 Å². The van der Waals surface area contributed by atoms with E-state index in [-0.39, 0.29) is 12.0 Å². The van der Waals surface area contributed by atoms with Crippen LogP contribution in [0.25, 0.3) is 0 Å². The van der Waals surface area contributed by atoms with Crippen molar-refractivity contribution < 1.29 is 13.2 Å². The van der Waals surface area contributed by atoms with E-state index in [1.807, 2.05) is 0 Å². The minimum atomic E-state index is -4.53. The summed E-state index contributed by atoms with van der Waals surface area (Å²) < 4.78 is 36.8. The SMILES string of the molecule is N#CCc1cnc(N)c(C(F)(F)F)c1. The summed E-state index contributed by atoms with van der Waals surface area (Å²) in [6, 6.07) is 2.57. The summed E-state index contributed by atoms with van der Waals surface area (Å²) in [5.41, 5.74) is 4.27. The van der Waals surface area contributed by atoms with E-state index in [0.717, 1.165) is 12.3 Å². The molecule has 0 fully saturated rings. The zero-order valence-electron chi connectivity index (χ0n) is 6.97. The second kappa shape index (κ2) is 3.54. The third kappa shape index (κ3) is 2.13. The van der Waals surface area contributed by atoms with Gasteiger partial charge in [-0.3, -0.25) is 0 Å². The molecule has 0 aliphatic rings. The van der Waals surface area contributed by atoms with Gasteiger partial charge in [0.2, 0.25) is 0 Å². The van der Waals surface area contributed by atoms with Crippen LogP contribution >= 0.6 is 0 Å². The molecule has 14 heavy (non-hydrogen) atoms. The van der Waals surface area contributed by atoms with E-state index >= 15 is 0 Å². The van der Waals surface area contributed by atoms with Gasteiger partial charge in [0.15, 0.2) is 0 Å². The van der Waals surface area contributed by atoms with Crippen molar-refractivity contribution in [1.82, 2.24) is 4.98 Å². The van der Waals surface area contributed by atoms with E-state index in [2.05, 4.69) is 4.98 Å². The first-order valence-corrected chi connectivity index (χ1v) is 3.63. The van der Waals surface area contributed by atoms with E-state index in [4.69, 9.17) is 11.0 Å². The molecule has 0 radical (unpaired) electrons. The van der Waals surface area contributed by atoms with E-state index in [1.165, 1.54) is 0 Å². The van der Waals surface area contributed by atoms with Crippen molar-refractivity contribution in [3.05, 3.63) is 23.4 Å². The van der Waals surface area contributed by atoms with Gasteiger partial charge in [-0.15, -0.1) is 0 Å². The summed E-state index contributed by atoms with van der Waals surface area (Å²) in [5.74, 6) is -0.570. The van der Waals surface area contributed by atoms with Gasteiger partial charge < -0.3 is 5.73 Å². The van der Waals surface area contributed by atoms with E-state index in [9.17, 15) is 13.2 Å². The number of halogens is 3. The van der Waals surface area contributed by atoms with Crippen LogP contribution in [-0.4, -0.2) is 4.98 Å². The molecule has 2 N–H and O–H groups in total. The highest BCUT2D eigenvalue weighted by atomic mass is 19.4. The molecule has 0 unspecified atom stereocenters. The number of pyridine rings is 1. The maximum atomic E-state index is 12.3. The lowest BCUT2D eigenvalue weighted by Gasteiger charge is -2.09. The number of alkyl halides is 3. The van der Waals surface area contributed by atoms with Crippen LogP contribution < -0.4 is 5.73 Å². The van der Waals surface area contributed by atoms with Gasteiger partial charge in [0.25, 0.3) is 0 Å². The van der Waals surface area contributed by atoms with Crippen molar-refractivity contribution in [2.75, 3.05) is 5.73 Å². The predicted octanol–water partition coefficient (Wildman–Crippen LogP) is 1.75. The van der Waals surface area contributed by atoms with Crippen LogP contribution in [0.15, 0.2) is 12.3 Å². The summed E-state index contributed by atoms with van der Waals surface area (Å²) >= 11 is 0. The lowest BCUT2D eigenvalue weighted by molar-refractivity contribution is -0.137. The molecule has 1 heterocycles. The molecule has 0 bridgehead atoms. The molecule has 1 aromatic rings. The minimum Gasteiger partial charge on any atom is -0.383 e.